The Morgan fingerprint density at radius 3 is 2.44 bits per heavy atom. The Balaban J connectivity index is 1.32. The van der Waals surface area contributed by atoms with Gasteiger partial charge in [-0.05, 0) is 65.0 Å². The molecule has 1 fully saturated rings. The number of aromatic amines is 1. The van der Waals surface area contributed by atoms with Crippen LogP contribution in [0.2, 0.25) is 5.02 Å². The first kappa shape index (κ1) is 39.3. The normalized spacial score (nSPS) is 17.4. The number of aliphatic imine (C=N–C) groups is 1. The first-order valence-electron chi connectivity index (χ1n) is 18.4. The highest BCUT2D eigenvalue weighted by atomic mass is 35.5. The molecule has 1 saturated carbocycles. The Morgan fingerprint density at radius 2 is 1.79 bits per heavy atom. The van der Waals surface area contributed by atoms with Crippen molar-refractivity contribution in [2.75, 3.05) is 6.61 Å². The van der Waals surface area contributed by atoms with E-state index in [0.717, 1.165) is 18.4 Å². The van der Waals surface area contributed by atoms with Crippen LogP contribution in [-0.4, -0.2) is 60.4 Å². The van der Waals surface area contributed by atoms with Crippen LogP contribution in [0, 0.1) is 11.3 Å². The molecule has 0 unspecified atom stereocenters. The summed E-state index contributed by atoms with van der Waals surface area (Å²) in [6, 6.07) is 20.0. The highest BCUT2D eigenvalue weighted by molar-refractivity contribution is 6.33. The van der Waals surface area contributed by atoms with E-state index in [1.807, 2.05) is 51.1 Å². The fraction of sp³-hybridized carbons (Fsp3) is 0.341. The smallest absolute Gasteiger partial charge is 0.414 e. The molecular formula is C41H41ClF2N8O5. The Morgan fingerprint density at radius 1 is 1.04 bits per heavy atom. The number of carbonyl (C=O) groups excluding carboxylic acids is 3. The number of benzene rings is 3. The number of alkyl carbamates (subject to hydrolysis) is 1. The van der Waals surface area contributed by atoms with Crippen molar-refractivity contribution in [3.8, 4) is 22.5 Å². The number of carbonyl (C=O) groups is 3. The van der Waals surface area contributed by atoms with Crippen molar-refractivity contribution in [3.05, 3.63) is 113 Å². The molecule has 0 spiro atoms. The number of aromatic nitrogens is 5. The van der Waals surface area contributed by atoms with Crippen LogP contribution < -0.4 is 5.32 Å². The Hall–Kier alpha value is -5.96. The summed E-state index contributed by atoms with van der Waals surface area (Å²) in [5.41, 5.74) is 1.14. The van der Waals surface area contributed by atoms with Gasteiger partial charge in [-0.3, -0.25) is 24.9 Å². The molecule has 0 radical (unpaired) electrons. The first-order chi connectivity index (χ1) is 27.3. The van der Waals surface area contributed by atoms with E-state index < -0.39 is 41.5 Å². The molecule has 7 rings (SSSR count). The van der Waals surface area contributed by atoms with Crippen LogP contribution in [0.15, 0.2) is 96.5 Å². The second-order valence-corrected chi connectivity index (χ2v) is 15.8. The minimum atomic E-state index is -2.80. The lowest BCUT2D eigenvalue weighted by atomic mass is 9.75. The summed E-state index contributed by atoms with van der Waals surface area (Å²) in [7, 11) is 0. The third-order valence-electron chi connectivity index (χ3n) is 9.72. The minimum Gasteiger partial charge on any atom is -0.463 e. The van der Waals surface area contributed by atoms with Crippen LogP contribution in [-0.2, 0) is 31.2 Å². The monoisotopic (exact) mass is 798 g/mol. The number of guanidine groups is 1. The summed E-state index contributed by atoms with van der Waals surface area (Å²) in [6.45, 7) is 2.76. The molecular weight excluding hydrogens is 758 g/mol. The van der Waals surface area contributed by atoms with Gasteiger partial charge >= 0.3 is 18.6 Å². The van der Waals surface area contributed by atoms with Crippen molar-refractivity contribution in [3.63, 3.8) is 0 Å². The van der Waals surface area contributed by atoms with E-state index in [1.165, 1.54) is 23.6 Å². The quantitative estimate of drug-likeness (QED) is 0.113. The molecule has 57 heavy (non-hydrogen) atoms. The van der Waals surface area contributed by atoms with Crippen molar-refractivity contribution in [2.24, 2.45) is 16.3 Å². The first-order valence-corrected chi connectivity index (χ1v) is 18.8. The highest BCUT2D eigenvalue weighted by Crippen LogP contribution is 2.46. The van der Waals surface area contributed by atoms with Gasteiger partial charge in [-0.25, -0.2) is 19.5 Å². The molecule has 13 nitrogen and oxygen atoms in total. The number of nitrogens with one attached hydrogen (secondary N) is 2. The lowest BCUT2D eigenvalue weighted by Gasteiger charge is -2.35. The zero-order valence-electron chi connectivity index (χ0n) is 31.5. The summed E-state index contributed by atoms with van der Waals surface area (Å²) in [6.07, 6.45) is 5.35. The molecule has 1 aliphatic heterocycles. The summed E-state index contributed by atoms with van der Waals surface area (Å²) in [5, 5.41) is 13.6. The fourth-order valence-electron chi connectivity index (χ4n) is 6.89. The largest absolute Gasteiger partial charge is 0.463 e. The number of halogens is 3. The van der Waals surface area contributed by atoms with Gasteiger partial charge in [0.25, 0.3) is 5.91 Å². The molecule has 0 bridgehead atoms. The maximum Gasteiger partial charge on any atom is 0.414 e. The number of hydrogen-bond acceptors (Lipinski definition) is 9. The van der Waals surface area contributed by atoms with Crippen LogP contribution in [0.25, 0.3) is 22.5 Å². The maximum absolute atomic E-state index is 15.5. The van der Waals surface area contributed by atoms with E-state index in [4.69, 9.17) is 26.1 Å². The Labute approximate surface area is 332 Å². The highest BCUT2D eigenvalue weighted by Gasteiger charge is 2.54. The predicted molar refractivity (Wildman–Crippen MR) is 207 cm³/mol. The summed E-state index contributed by atoms with van der Waals surface area (Å²) in [5.74, 6) is -0.420. The van der Waals surface area contributed by atoms with E-state index in [9.17, 15) is 18.4 Å². The molecule has 2 atom stereocenters. The zero-order valence-corrected chi connectivity index (χ0v) is 32.2. The van der Waals surface area contributed by atoms with E-state index in [0.29, 0.717) is 43.3 Å². The zero-order chi connectivity index (χ0) is 40.3. The molecule has 16 heteroatoms. The second kappa shape index (κ2) is 16.3. The molecule has 0 saturated heterocycles. The number of rotatable bonds is 13. The van der Waals surface area contributed by atoms with Gasteiger partial charge in [-0.2, -0.15) is 19.0 Å². The molecule has 3 aromatic carbocycles. The van der Waals surface area contributed by atoms with Gasteiger partial charge in [-0.15, -0.1) is 0 Å². The number of hydrogen-bond donors (Lipinski definition) is 2. The number of esters is 1. The predicted octanol–water partition coefficient (Wildman–Crippen LogP) is 8.22. The molecule has 5 aromatic rings. The molecule has 296 valence electrons. The molecule has 2 amide bonds. The number of amides is 2. The van der Waals surface area contributed by atoms with Crippen molar-refractivity contribution in [1.82, 2.24) is 35.2 Å². The van der Waals surface area contributed by atoms with E-state index in [2.05, 4.69) is 25.6 Å². The van der Waals surface area contributed by atoms with E-state index in [1.54, 1.807) is 42.5 Å². The van der Waals surface area contributed by atoms with Crippen LogP contribution in [0.1, 0.15) is 75.7 Å². The van der Waals surface area contributed by atoms with Crippen LogP contribution in [0.5, 0.6) is 0 Å². The van der Waals surface area contributed by atoms with Crippen molar-refractivity contribution < 1.29 is 32.6 Å². The van der Waals surface area contributed by atoms with Crippen molar-refractivity contribution in [2.45, 2.75) is 71.2 Å². The number of ether oxygens (including phenoxy) is 2. The molecule has 2 aromatic heterocycles. The SMILES string of the molecule is CC(C)(C)C[C@]1(c2ccc(-c3cnn(C(F)F)c3)cc2)N=C(NC(=O)OCc2ccccc2)N([C@H](COC(=O)CC2CC2)c2ccc(Cl)c(-c3ncn[nH]3)c2)C1=O. The van der Waals surface area contributed by atoms with Gasteiger partial charge in [-0.1, -0.05) is 93.0 Å². The average molecular weight is 799 g/mol. The standard InChI is InChI=1S/C41H41ClF2N8O5/c1-40(2,3)23-41(30-14-11-27(12-15-30)29-19-47-51(20-29)37(43)44)36(54)52(38(49-41)48-39(55)57-21-26-7-5-4-6-8-26)33(22-56-34(53)17-25-9-10-25)28-13-16-32(42)31(18-28)35-45-24-46-50-35/h4-8,11-16,18-20,24-25,33,37H,9-10,17,21-23H2,1-3H3,(H,45,46,50)(H,48,49,55)/t33-,41-/m1/s1. The Bertz CT molecular complexity index is 2260. The Kier molecular flexibility index (Phi) is 11.2. The fourth-order valence-corrected chi connectivity index (χ4v) is 7.09. The van der Waals surface area contributed by atoms with E-state index >= 15 is 4.79 Å². The topological polar surface area (TPSA) is 157 Å². The van der Waals surface area contributed by atoms with Gasteiger partial charge in [0.1, 0.15) is 19.5 Å². The lowest BCUT2D eigenvalue weighted by Crippen LogP contribution is -2.49. The second-order valence-electron chi connectivity index (χ2n) is 15.4. The van der Waals surface area contributed by atoms with Crippen LogP contribution in [0.3, 0.4) is 0 Å². The maximum atomic E-state index is 15.5. The van der Waals surface area contributed by atoms with Crippen LogP contribution in [0.4, 0.5) is 13.6 Å². The molecule has 2 N–H and O–H groups in total. The third kappa shape index (κ3) is 9.04. The number of H-pyrrole nitrogens is 1. The van der Waals surface area contributed by atoms with Crippen molar-refractivity contribution >= 4 is 35.5 Å². The molecule has 1 aliphatic carbocycles. The number of nitrogens with zero attached hydrogens (tertiary/aromatic N) is 6. The van der Waals surface area contributed by atoms with E-state index in [-0.39, 0.29) is 37.9 Å². The summed E-state index contributed by atoms with van der Waals surface area (Å²) < 4.78 is 38.7. The van der Waals surface area contributed by atoms with Gasteiger partial charge in [0, 0.05) is 23.7 Å². The summed E-state index contributed by atoms with van der Waals surface area (Å²) in [4.78, 5) is 52.8. The van der Waals surface area contributed by atoms with Gasteiger partial charge < -0.3 is 9.47 Å². The van der Waals surface area contributed by atoms with Crippen molar-refractivity contribution in [1.29, 1.82) is 0 Å². The number of alkyl halides is 2. The lowest BCUT2D eigenvalue weighted by molar-refractivity contribution is -0.148. The third-order valence-corrected chi connectivity index (χ3v) is 10.0. The van der Waals surface area contributed by atoms with Crippen LogP contribution >= 0.6 is 11.6 Å². The minimum absolute atomic E-state index is 0.0510. The average Bonchev–Trinajstić information content (AvgIpc) is 3.52. The molecule has 3 heterocycles. The molecule has 2 aliphatic rings. The van der Waals surface area contributed by atoms with Gasteiger partial charge in [0.2, 0.25) is 5.96 Å². The van der Waals surface area contributed by atoms with Gasteiger partial charge in [0.15, 0.2) is 11.4 Å². The summed E-state index contributed by atoms with van der Waals surface area (Å²) >= 11 is 6.63. The van der Waals surface area contributed by atoms with Gasteiger partial charge in [0.05, 0.1) is 17.3 Å².